The molecule has 1 fully saturated rings. The van der Waals surface area contributed by atoms with E-state index in [0.717, 1.165) is 77.0 Å². The van der Waals surface area contributed by atoms with Gasteiger partial charge in [-0.15, -0.1) is 0 Å². The molecule has 9 heteroatoms. The van der Waals surface area contributed by atoms with E-state index in [-0.39, 0.29) is 12.5 Å². The van der Waals surface area contributed by atoms with Crippen LogP contribution in [-0.2, 0) is 14.3 Å². The third kappa shape index (κ3) is 49.4. The molecule has 6 N–H and O–H groups in total. The maximum atomic E-state index is 13.1. The van der Waals surface area contributed by atoms with Crippen LogP contribution in [0.25, 0.3) is 0 Å². The lowest BCUT2D eigenvalue weighted by Gasteiger charge is -2.40. The van der Waals surface area contributed by atoms with Gasteiger partial charge in [0.25, 0.3) is 0 Å². The van der Waals surface area contributed by atoms with Gasteiger partial charge in [-0.1, -0.05) is 310 Å². The minimum Gasteiger partial charge on any atom is -0.394 e. The molecule has 82 heavy (non-hydrogen) atoms. The Hall–Kier alpha value is -2.89. The summed E-state index contributed by atoms with van der Waals surface area (Å²) in [5.41, 5.74) is 0. The van der Waals surface area contributed by atoms with E-state index in [9.17, 15) is 30.3 Å². The molecule has 1 saturated heterocycles. The summed E-state index contributed by atoms with van der Waals surface area (Å²) in [6, 6.07) is -0.830. The van der Waals surface area contributed by atoms with E-state index in [1.54, 1.807) is 6.08 Å². The predicted molar refractivity (Wildman–Crippen MR) is 350 cm³/mol. The number of rotatable bonds is 59. The zero-order valence-corrected chi connectivity index (χ0v) is 53.0. The van der Waals surface area contributed by atoms with Gasteiger partial charge in [0.15, 0.2) is 6.29 Å². The lowest BCUT2D eigenvalue weighted by atomic mass is 9.99. The molecule has 0 spiro atoms. The van der Waals surface area contributed by atoms with Crippen LogP contribution in [0.4, 0.5) is 0 Å². The van der Waals surface area contributed by atoms with Crippen LogP contribution in [0, 0.1) is 0 Å². The average Bonchev–Trinajstić information content (AvgIpc) is 3.52. The van der Waals surface area contributed by atoms with Crippen LogP contribution in [-0.4, -0.2) is 87.5 Å². The van der Waals surface area contributed by atoms with Gasteiger partial charge in [0.2, 0.25) is 5.91 Å². The summed E-state index contributed by atoms with van der Waals surface area (Å²) in [6.45, 7) is 3.68. The van der Waals surface area contributed by atoms with Gasteiger partial charge in [0.05, 0.1) is 25.4 Å². The molecule has 0 aromatic carbocycles. The first-order valence-corrected chi connectivity index (χ1v) is 34.5. The Bertz CT molecular complexity index is 1620. The monoisotopic (exact) mass is 1150 g/mol. The van der Waals surface area contributed by atoms with Crippen LogP contribution < -0.4 is 5.32 Å². The second-order valence-corrected chi connectivity index (χ2v) is 23.6. The predicted octanol–water partition coefficient (Wildman–Crippen LogP) is 18.7. The van der Waals surface area contributed by atoms with Crippen molar-refractivity contribution >= 4 is 5.91 Å². The fourth-order valence-corrected chi connectivity index (χ4v) is 10.5. The molecule has 0 aliphatic carbocycles. The summed E-state index contributed by atoms with van der Waals surface area (Å²) < 4.78 is 11.3. The Balaban J connectivity index is 2.17. The van der Waals surface area contributed by atoms with Crippen molar-refractivity contribution in [1.82, 2.24) is 5.32 Å². The molecule has 1 amide bonds. The van der Waals surface area contributed by atoms with Crippen LogP contribution in [0.2, 0.25) is 0 Å². The first kappa shape index (κ1) is 77.1. The molecule has 1 aliphatic heterocycles. The number of amides is 1. The Morgan fingerprint density at radius 2 is 0.768 bits per heavy atom. The van der Waals surface area contributed by atoms with E-state index in [0.29, 0.717) is 6.42 Å². The van der Waals surface area contributed by atoms with Crippen LogP contribution in [0.3, 0.4) is 0 Å². The number of nitrogens with one attached hydrogen (secondary N) is 1. The largest absolute Gasteiger partial charge is 0.394 e. The number of ether oxygens (including phenoxy) is 2. The smallest absolute Gasteiger partial charge is 0.220 e. The van der Waals surface area contributed by atoms with Gasteiger partial charge in [0, 0.05) is 6.42 Å². The van der Waals surface area contributed by atoms with E-state index in [2.05, 4.69) is 104 Å². The van der Waals surface area contributed by atoms with Crippen molar-refractivity contribution in [2.45, 2.75) is 346 Å². The molecule has 7 unspecified atom stereocenters. The summed E-state index contributed by atoms with van der Waals surface area (Å²) in [5.74, 6) is -0.189. The topological polar surface area (TPSA) is 149 Å². The summed E-state index contributed by atoms with van der Waals surface area (Å²) >= 11 is 0. The molecule has 0 aromatic rings. The Kier molecular flexibility index (Phi) is 57.6. The summed E-state index contributed by atoms with van der Waals surface area (Å²) in [6.07, 6.45) is 82.2. The molecule has 9 nitrogen and oxygen atoms in total. The van der Waals surface area contributed by atoms with E-state index >= 15 is 0 Å². The molecule has 474 valence electrons. The van der Waals surface area contributed by atoms with Crippen LogP contribution >= 0.6 is 0 Å². The highest BCUT2D eigenvalue weighted by Crippen LogP contribution is 2.23. The first-order chi connectivity index (χ1) is 40.3. The van der Waals surface area contributed by atoms with Crippen molar-refractivity contribution in [2.75, 3.05) is 13.2 Å². The van der Waals surface area contributed by atoms with Crippen LogP contribution in [0.15, 0.2) is 97.2 Å². The van der Waals surface area contributed by atoms with E-state index in [4.69, 9.17) is 9.47 Å². The zero-order chi connectivity index (χ0) is 59.3. The Morgan fingerprint density at radius 3 is 1.17 bits per heavy atom. The van der Waals surface area contributed by atoms with Crippen LogP contribution in [0.5, 0.6) is 0 Å². The van der Waals surface area contributed by atoms with Gasteiger partial charge in [-0.25, -0.2) is 0 Å². The van der Waals surface area contributed by atoms with Crippen molar-refractivity contribution in [3.8, 4) is 0 Å². The fraction of sp³-hybridized carbons (Fsp3) is 0.767. The molecule has 1 aliphatic rings. The third-order valence-corrected chi connectivity index (χ3v) is 15.9. The molecule has 0 aromatic heterocycles. The molecular weight excluding hydrogens is 1020 g/mol. The van der Waals surface area contributed by atoms with Gasteiger partial charge in [-0.05, 0) is 83.5 Å². The third-order valence-electron chi connectivity index (χ3n) is 15.9. The van der Waals surface area contributed by atoms with E-state index < -0.39 is 49.5 Å². The second kappa shape index (κ2) is 61.2. The summed E-state index contributed by atoms with van der Waals surface area (Å²) in [7, 11) is 0. The Morgan fingerprint density at radius 1 is 0.427 bits per heavy atom. The van der Waals surface area contributed by atoms with Crippen molar-refractivity contribution < 1.29 is 39.8 Å². The second-order valence-electron chi connectivity index (χ2n) is 23.6. The molecule has 0 saturated carbocycles. The highest BCUT2D eigenvalue weighted by Gasteiger charge is 2.44. The lowest BCUT2D eigenvalue weighted by molar-refractivity contribution is -0.302. The molecule has 0 bridgehead atoms. The number of aliphatic hydroxyl groups is 5. The fourth-order valence-electron chi connectivity index (χ4n) is 10.5. The van der Waals surface area contributed by atoms with Gasteiger partial charge in [-0.2, -0.15) is 0 Å². The Labute approximate surface area is 504 Å². The average molecular weight is 1150 g/mol. The van der Waals surface area contributed by atoms with Crippen molar-refractivity contribution in [1.29, 1.82) is 0 Å². The minimum absolute atomic E-state index is 0.189. The van der Waals surface area contributed by atoms with Gasteiger partial charge >= 0.3 is 0 Å². The number of unbranched alkanes of at least 4 members (excludes halogenated alkanes) is 35. The number of allylic oxidation sites excluding steroid dienone is 15. The number of carbonyl (C=O) groups is 1. The number of hydrogen-bond donors (Lipinski definition) is 6. The van der Waals surface area contributed by atoms with Gasteiger partial charge in [-0.3, -0.25) is 4.79 Å². The number of hydrogen-bond acceptors (Lipinski definition) is 8. The first-order valence-electron chi connectivity index (χ1n) is 34.5. The number of carbonyl (C=O) groups excluding carboxylic acids is 1. The molecule has 0 radical (unpaired) electrons. The molecule has 1 heterocycles. The van der Waals surface area contributed by atoms with Gasteiger partial charge in [0.1, 0.15) is 24.4 Å². The van der Waals surface area contributed by atoms with Crippen molar-refractivity contribution in [3.63, 3.8) is 0 Å². The van der Waals surface area contributed by atoms with E-state index in [1.807, 2.05) is 6.08 Å². The summed E-state index contributed by atoms with van der Waals surface area (Å²) in [5, 5.41) is 54.7. The zero-order valence-electron chi connectivity index (χ0n) is 53.0. The highest BCUT2D eigenvalue weighted by atomic mass is 16.7. The van der Waals surface area contributed by atoms with Crippen molar-refractivity contribution in [3.05, 3.63) is 97.2 Å². The maximum Gasteiger partial charge on any atom is 0.220 e. The van der Waals surface area contributed by atoms with Gasteiger partial charge < -0.3 is 40.3 Å². The van der Waals surface area contributed by atoms with E-state index in [1.165, 1.54) is 205 Å². The maximum absolute atomic E-state index is 13.1. The molecule has 1 rings (SSSR count). The highest BCUT2D eigenvalue weighted by molar-refractivity contribution is 5.76. The van der Waals surface area contributed by atoms with Crippen molar-refractivity contribution in [2.24, 2.45) is 0 Å². The standard InChI is InChI=1S/C73H129NO8/c1-3-5-7-9-11-13-15-17-19-21-23-25-27-29-31-33-34-35-37-39-41-43-45-47-49-51-53-55-57-59-61-63-69(77)74-66(65-81-73-72(80)71(79)70(78)68(64-75)82-73)67(76)62-60-58-56-54-52-50-48-46-44-42-40-38-36-32-30-28-26-24-22-20-18-16-14-12-10-8-6-4-2/h5,7,11,13,17,19,23,25,29,31,34-35,52,54,60,62,66-68,70-73,75-76,78-80H,3-4,6,8-10,12,14-16,18,20-22,24,26-28,30,32-33,36-51,53,55-59,61,63-65H2,1-2H3,(H,74,77)/b7-5-,13-11-,19-17-,25-23-,31-29-,35-34-,54-52+,62-60+. The quantitative estimate of drug-likeness (QED) is 0.0261. The number of aliphatic hydroxyl groups excluding tert-OH is 5. The summed E-state index contributed by atoms with van der Waals surface area (Å²) in [4.78, 5) is 13.1. The normalized spacial score (nSPS) is 18.9. The molecule has 7 atom stereocenters. The van der Waals surface area contributed by atoms with Crippen LogP contribution in [0.1, 0.15) is 303 Å². The minimum atomic E-state index is -1.58. The SMILES string of the molecule is CC/C=C\C/C=C\C/C=C\C/C=C\C/C=C\C/C=C\CCCCCCCCCCCCCCC(=O)NC(COC1OC(CO)C(O)C(O)C1O)C(O)/C=C/CC/C=C/CCCCCCCCCCCCCCCCCCCCCCCC. The lowest BCUT2D eigenvalue weighted by Crippen LogP contribution is -2.60. The molecular formula is C73H129NO8.